The number of hydrogen-bond donors (Lipinski definition) is 6. The van der Waals surface area contributed by atoms with Crippen LogP contribution in [0.4, 0.5) is 0 Å². The van der Waals surface area contributed by atoms with Crippen LogP contribution in [0, 0.1) is 0 Å². The number of aromatic hydroxyl groups is 5. The van der Waals surface area contributed by atoms with Crippen molar-refractivity contribution in [3.63, 3.8) is 0 Å². The van der Waals surface area contributed by atoms with Crippen molar-refractivity contribution in [2.24, 2.45) is 0 Å². The molecule has 6 rings (SSSR count). The molecule has 44 heavy (non-hydrogen) atoms. The first kappa shape index (κ1) is 29.9. The van der Waals surface area contributed by atoms with Gasteiger partial charge in [0, 0.05) is 24.8 Å². The third-order valence-electron chi connectivity index (χ3n) is 9.39. The first-order chi connectivity index (χ1) is 21.3. The van der Waals surface area contributed by atoms with Crippen molar-refractivity contribution in [2.75, 3.05) is 6.61 Å². The van der Waals surface area contributed by atoms with Crippen molar-refractivity contribution >= 4 is 22.9 Å². The topological polar surface area (TPSA) is 122 Å². The highest BCUT2D eigenvalue weighted by molar-refractivity contribution is 6.03. The van der Waals surface area contributed by atoms with Crippen LogP contribution in [0.25, 0.3) is 22.9 Å². The molecule has 1 aliphatic heterocycles. The maximum absolute atomic E-state index is 11.1. The number of aryl methyl sites for hydroxylation is 1. The molecule has 1 saturated heterocycles. The molecule has 1 aliphatic carbocycles. The molecule has 1 spiro atoms. The van der Waals surface area contributed by atoms with E-state index in [9.17, 15) is 25.5 Å². The third kappa shape index (κ3) is 6.35. The Bertz CT molecular complexity index is 1650. The lowest BCUT2D eigenvalue weighted by molar-refractivity contribution is -0.109. The Kier molecular flexibility index (Phi) is 8.69. The van der Waals surface area contributed by atoms with Gasteiger partial charge in [0.2, 0.25) is 0 Å². The third-order valence-corrected chi connectivity index (χ3v) is 9.39. The van der Waals surface area contributed by atoms with Gasteiger partial charge in [-0.3, -0.25) is 0 Å². The quantitative estimate of drug-likeness (QED) is 0.0934. The van der Waals surface area contributed by atoms with Gasteiger partial charge in [-0.25, -0.2) is 0 Å². The molecule has 230 valence electrons. The number of fused-ring (bicyclic) bond motifs is 1. The number of phenolic OH excluding ortho intramolecular Hbond substituents is 5. The lowest BCUT2D eigenvalue weighted by Gasteiger charge is -2.43. The summed E-state index contributed by atoms with van der Waals surface area (Å²) < 4.78 is 6.26. The van der Waals surface area contributed by atoms with E-state index in [0.717, 1.165) is 31.6 Å². The number of phenols is 5. The molecule has 2 aliphatic rings. The Balaban J connectivity index is 1.18. The largest absolute Gasteiger partial charge is 0.507 e. The van der Waals surface area contributed by atoms with E-state index in [0.29, 0.717) is 41.0 Å². The first-order valence-corrected chi connectivity index (χ1v) is 15.7. The second kappa shape index (κ2) is 12.8. The zero-order valence-corrected chi connectivity index (χ0v) is 24.9. The number of nitrogens with one attached hydrogen (secondary N) is 1. The standard InChI is InChI=1S/C37H41NO6/c39-31-16-13-25(21-33(31)41)12-14-28-29-5-4-6-32(40)34(29)36(43)35(42)30(28)15-11-24-7-9-26(10-8-24)23-38-27-17-20-44-37(22-27)18-2-1-3-19-37/h4-10,12-14,16,21,27,38-43H,1-3,11,15,17-20,22-23H2/b14-12+/t27-/m1/s1. The molecule has 0 radical (unpaired) electrons. The normalized spacial score (nSPS) is 18.3. The lowest BCUT2D eigenvalue weighted by Crippen LogP contribution is -2.47. The van der Waals surface area contributed by atoms with Crippen LogP contribution in [0.5, 0.6) is 28.7 Å². The predicted molar refractivity (Wildman–Crippen MR) is 173 cm³/mol. The molecule has 1 atom stereocenters. The van der Waals surface area contributed by atoms with E-state index in [2.05, 4.69) is 29.6 Å². The summed E-state index contributed by atoms with van der Waals surface area (Å²) in [5.74, 6) is -1.18. The van der Waals surface area contributed by atoms with Gasteiger partial charge in [-0.2, -0.15) is 0 Å². The van der Waals surface area contributed by atoms with Crippen LogP contribution in [-0.2, 0) is 24.1 Å². The molecule has 0 amide bonds. The summed E-state index contributed by atoms with van der Waals surface area (Å²) in [4.78, 5) is 0. The van der Waals surface area contributed by atoms with Crippen molar-refractivity contribution in [3.8, 4) is 28.7 Å². The highest BCUT2D eigenvalue weighted by atomic mass is 16.5. The van der Waals surface area contributed by atoms with E-state index in [1.54, 1.807) is 30.4 Å². The van der Waals surface area contributed by atoms with Gasteiger partial charge in [0.25, 0.3) is 0 Å². The maximum Gasteiger partial charge on any atom is 0.169 e. The molecule has 4 aromatic rings. The minimum atomic E-state index is -0.350. The molecule has 7 heteroatoms. The van der Waals surface area contributed by atoms with Crippen LogP contribution < -0.4 is 5.32 Å². The minimum absolute atomic E-state index is 0.0827. The van der Waals surface area contributed by atoms with Crippen molar-refractivity contribution in [3.05, 3.63) is 88.5 Å². The highest BCUT2D eigenvalue weighted by Crippen LogP contribution is 2.45. The number of hydrogen-bond acceptors (Lipinski definition) is 7. The lowest BCUT2D eigenvalue weighted by atomic mass is 9.78. The average Bonchev–Trinajstić information content (AvgIpc) is 3.03. The Labute approximate surface area is 258 Å². The first-order valence-electron chi connectivity index (χ1n) is 15.7. The zero-order valence-electron chi connectivity index (χ0n) is 24.9. The van der Waals surface area contributed by atoms with Crippen molar-refractivity contribution in [1.29, 1.82) is 0 Å². The fourth-order valence-corrected chi connectivity index (χ4v) is 6.93. The summed E-state index contributed by atoms with van der Waals surface area (Å²) >= 11 is 0. The van der Waals surface area contributed by atoms with E-state index in [4.69, 9.17) is 4.74 Å². The second-order valence-electron chi connectivity index (χ2n) is 12.3. The van der Waals surface area contributed by atoms with Gasteiger partial charge in [-0.1, -0.05) is 73.9 Å². The smallest absolute Gasteiger partial charge is 0.169 e. The highest BCUT2D eigenvalue weighted by Gasteiger charge is 2.38. The van der Waals surface area contributed by atoms with Crippen LogP contribution >= 0.6 is 0 Å². The molecule has 7 nitrogen and oxygen atoms in total. The SMILES string of the molecule is Oc1ccc(/C=C/c2c(CCc3ccc(CN[C@@H]4CCOC5(CCCCC5)C4)cc3)c(O)c(O)c3c(O)cccc23)cc1O. The number of benzene rings is 4. The second-order valence-corrected chi connectivity index (χ2v) is 12.3. The van der Waals surface area contributed by atoms with Gasteiger partial charge >= 0.3 is 0 Å². The van der Waals surface area contributed by atoms with Crippen LogP contribution in [0.2, 0.25) is 0 Å². The number of rotatable bonds is 8. The molecule has 6 N–H and O–H groups in total. The predicted octanol–water partition coefficient (Wildman–Crippen LogP) is 7.29. The maximum atomic E-state index is 11.1. The molecular formula is C37H41NO6. The van der Waals surface area contributed by atoms with E-state index in [1.165, 1.54) is 55.9 Å². The monoisotopic (exact) mass is 595 g/mol. The van der Waals surface area contributed by atoms with Gasteiger partial charge in [0.15, 0.2) is 23.0 Å². The Morgan fingerprint density at radius 2 is 1.55 bits per heavy atom. The Morgan fingerprint density at radius 1 is 0.773 bits per heavy atom. The molecule has 1 heterocycles. The minimum Gasteiger partial charge on any atom is -0.507 e. The van der Waals surface area contributed by atoms with Crippen molar-refractivity contribution in [1.82, 2.24) is 5.32 Å². The molecule has 0 unspecified atom stereocenters. The molecule has 0 aromatic heterocycles. The van der Waals surface area contributed by atoms with Gasteiger partial charge in [-0.05, 0) is 84.4 Å². The average molecular weight is 596 g/mol. The van der Waals surface area contributed by atoms with Crippen molar-refractivity contribution < 1.29 is 30.3 Å². The van der Waals surface area contributed by atoms with Crippen LogP contribution in [-0.4, -0.2) is 43.8 Å². The molecular weight excluding hydrogens is 554 g/mol. The summed E-state index contributed by atoms with van der Waals surface area (Å²) in [6, 6.07) is 18.5. The van der Waals surface area contributed by atoms with Crippen LogP contribution in [0.15, 0.2) is 60.7 Å². The Morgan fingerprint density at radius 3 is 2.32 bits per heavy atom. The summed E-state index contributed by atoms with van der Waals surface area (Å²) in [5, 5.41) is 56.6. The van der Waals surface area contributed by atoms with Gasteiger partial charge in [0.1, 0.15) is 5.75 Å². The summed E-state index contributed by atoms with van der Waals surface area (Å²) in [6.45, 7) is 1.65. The molecule has 0 bridgehead atoms. The van der Waals surface area contributed by atoms with Crippen LogP contribution in [0.3, 0.4) is 0 Å². The van der Waals surface area contributed by atoms with Gasteiger partial charge < -0.3 is 35.6 Å². The molecule has 4 aromatic carbocycles. The van der Waals surface area contributed by atoms with E-state index >= 15 is 0 Å². The zero-order chi connectivity index (χ0) is 30.7. The molecule has 1 saturated carbocycles. The number of ether oxygens (including phenoxy) is 1. The Hall–Kier alpha value is -4.20. The van der Waals surface area contributed by atoms with Gasteiger partial charge in [0.05, 0.1) is 11.0 Å². The van der Waals surface area contributed by atoms with Crippen molar-refractivity contribution in [2.45, 2.75) is 76.0 Å². The molecule has 2 fully saturated rings. The summed E-state index contributed by atoms with van der Waals surface area (Å²) in [5.41, 5.74) is 4.27. The van der Waals surface area contributed by atoms with E-state index in [1.807, 2.05) is 0 Å². The fourth-order valence-electron chi connectivity index (χ4n) is 6.93. The van der Waals surface area contributed by atoms with E-state index in [-0.39, 0.29) is 39.7 Å². The fraction of sp³-hybridized carbons (Fsp3) is 0.351. The summed E-state index contributed by atoms with van der Waals surface area (Å²) in [6.07, 6.45) is 13.0. The van der Waals surface area contributed by atoms with E-state index < -0.39 is 0 Å². The summed E-state index contributed by atoms with van der Waals surface area (Å²) in [7, 11) is 0. The van der Waals surface area contributed by atoms with Crippen LogP contribution in [0.1, 0.15) is 72.8 Å². The van der Waals surface area contributed by atoms with Gasteiger partial charge in [-0.15, -0.1) is 0 Å².